The highest BCUT2D eigenvalue weighted by molar-refractivity contribution is 6.30. The van der Waals surface area contributed by atoms with Crippen molar-refractivity contribution in [1.82, 2.24) is 14.4 Å². The van der Waals surface area contributed by atoms with Gasteiger partial charge in [-0.15, -0.1) is 0 Å². The molecule has 156 valence electrons. The molecule has 0 saturated heterocycles. The number of carbonyl (C=O) groups excluding carboxylic acids is 2. The average molecular weight is 416 g/mol. The molecule has 0 spiro atoms. The molecule has 1 aromatic heterocycles. The van der Waals surface area contributed by atoms with Gasteiger partial charge in [0.05, 0.1) is 6.04 Å². The fraction of sp³-hybridized carbons (Fsp3) is 0.478. The van der Waals surface area contributed by atoms with Gasteiger partial charge >= 0.3 is 0 Å². The van der Waals surface area contributed by atoms with E-state index in [2.05, 4.69) is 4.57 Å². The minimum atomic E-state index is -0.432. The highest BCUT2D eigenvalue weighted by Crippen LogP contribution is 2.34. The largest absolute Gasteiger partial charge is 0.348 e. The third-order valence-electron chi connectivity index (χ3n) is 5.39. The van der Waals surface area contributed by atoms with Crippen LogP contribution in [0.2, 0.25) is 5.02 Å². The smallest absolute Gasteiger partial charge is 0.243 e. The second-order valence-electron chi connectivity index (χ2n) is 8.92. The maximum absolute atomic E-state index is 13.5. The van der Waals surface area contributed by atoms with Gasteiger partial charge < -0.3 is 14.4 Å². The van der Waals surface area contributed by atoms with Crippen molar-refractivity contribution < 1.29 is 9.59 Å². The summed E-state index contributed by atoms with van der Waals surface area (Å²) >= 11 is 6.25. The van der Waals surface area contributed by atoms with Crippen molar-refractivity contribution in [3.05, 3.63) is 58.9 Å². The summed E-state index contributed by atoms with van der Waals surface area (Å²) in [5, 5.41) is 0.643. The Morgan fingerprint density at radius 3 is 2.52 bits per heavy atom. The Balaban J connectivity index is 1.95. The topological polar surface area (TPSA) is 45.6 Å². The molecule has 0 radical (unpaired) electrons. The lowest BCUT2D eigenvalue weighted by Crippen LogP contribution is -2.54. The van der Waals surface area contributed by atoms with Crippen LogP contribution in [-0.2, 0) is 16.1 Å². The maximum Gasteiger partial charge on any atom is 0.243 e. The van der Waals surface area contributed by atoms with Crippen molar-refractivity contribution in [1.29, 1.82) is 0 Å². The van der Waals surface area contributed by atoms with Crippen molar-refractivity contribution in [2.24, 2.45) is 5.92 Å². The molecule has 0 unspecified atom stereocenters. The quantitative estimate of drug-likeness (QED) is 0.744. The number of amides is 2. The summed E-state index contributed by atoms with van der Waals surface area (Å²) in [6.07, 6.45) is 2.04. The van der Waals surface area contributed by atoms with Gasteiger partial charge in [-0.25, -0.2) is 0 Å². The zero-order valence-corrected chi connectivity index (χ0v) is 18.6. The Morgan fingerprint density at radius 1 is 1.17 bits per heavy atom. The molecule has 5 nitrogen and oxygen atoms in total. The summed E-state index contributed by atoms with van der Waals surface area (Å²) in [6.45, 7) is 11.0. The van der Waals surface area contributed by atoms with E-state index in [1.165, 1.54) is 0 Å². The Morgan fingerprint density at radius 2 is 1.90 bits per heavy atom. The van der Waals surface area contributed by atoms with Gasteiger partial charge in [-0.2, -0.15) is 0 Å². The SMILES string of the molecule is CC(C)C(=O)N(CC(=O)N1CCn2cccc2[C@@H]1c1cccc(Cl)c1)C(C)(C)C. The maximum atomic E-state index is 13.5. The number of benzene rings is 1. The van der Waals surface area contributed by atoms with Gasteiger partial charge in [0.2, 0.25) is 11.8 Å². The van der Waals surface area contributed by atoms with Crippen LogP contribution in [0.15, 0.2) is 42.6 Å². The van der Waals surface area contributed by atoms with Gasteiger partial charge in [0, 0.05) is 41.5 Å². The molecule has 3 rings (SSSR count). The van der Waals surface area contributed by atoms with Gasteiger partial charge in [-0.3, -0.25) is 9.59 Å². The summed E-state index contributed by atoms with van der Waals surface area (Å²) in [4.78, 5) is 29.8. The van der Waals surface area contributed by atoms with E-state index in [0.717, 1.165) is 17.8 Å². The molecule has 1 aliphatic rings. The van der Waals surface area contributed by atoms with E-state index < -0.39 is 5.54 Å². The zero-order chi connectivity index (χ0) is 21.3. The molecule has 29 heavy (non-hydrogen) atoms. The molecular weight excluding hydrogens is 386 g/mol. The van der Waals surface area contributed by atoms with E-state index >= 15 is 0 Å². The number of aromatic nitrogens is 1. The molecule has 2 amide bonds. The van der Waals surface area contributed by atoms with E-state index in [1.54, 1.807) is 4.90 Å². The molecule has 0 saturated carbocycles. The van der Waals surface area contributed by atoms with E-state index in [9.17, 15) is 9.59 Å². The van der Waals surface area contributed by atoms with Crippen LogP contribution in [0.3, 0.4) is 0 Å². The van der Waals surface area contributed by atoms with E-state index in [1.807, 2.05) is 82.1 Å². The number of hydrogen-bond donors (Lipinski definition) is 0. The summed E-state index contributed by atoms with van der Waals surface area (Å²) in [5.74, 6) is -0.221. The fourth-order valence-electron chi connectivity index (χ4n) is 3.86. The Kier molecular flexibility index (Phi) is 6.08. The highest BCUT2D eigenvalue weighted by atomic mass is 35.5. The van der Waals surface area contributed by atoms with Crippen LogP contribution in [-0.4, -0.2) is 44.8 Å². The van der Waals surface area contributed by atoms with Gasteiger partial charge in [-0.05, 0) is 50.6 Å². The number of rotatable bonds is 4. The molecule has 1 atom stereocenters. The summed E-state index contributed by atoms with van der Waals surface area (Å²) in [5.41, 5.74) is 1.60. The Labute approximate surface area is 178 Å². The van der Waals surface area contributed by atoms with E-state index in [-0.39, 0.29) is 30.3 Å². The van der Waals surface area contributed by atoms with Gasteiger partial charge in [0.25, 0.3) is 0 Å². The number of carbonyl (C=O) groups is 2. The second kappa shape index (κ2) is 8.23. The lowest BCUT2D eigenvalue weighted by Gasteiger charge is -2.41. The van der Waals surface area contributed by atoms with E-state index in [0.29, 0.717) is 11.6 Å². The van der Waals surface area contributed by atoms with Crippen molar-refractivity contribution in [2.45, 2.75) is 52.7 Å². The minimum absolute atomic E-state index is 0.00876. The van der Waals surface area contributed by atoms with Crippen LogP contribution in [0, 0.1) is 5.92 Å². The first kappa shape index (κ1) is 21.4. The van der Waals surface area contributed by atoms with Crippen LogP contribution in [0.4, 0.5) is 0 Å². The third-order valence-corrected chi connectivity index (χ3v) is 5.62. The van der Waals surface area contributed by atoms with Gasteiger partial charge in [0.1, 0.15) is 6.54 Å². The highest BCUT2D eigenvalue weighted by Gasteiger charge is 2.36. The molecule has 1 aliphatic heterocycles. The van der Waals surface area contributed by atoms with Gasteiger partial charge in [-0.1, -0.05) is 37.6 Å². The van der Waals surface area contributed by atoms with Crippen molar-refractivity contribution in [3.63, 3.8) is 0 Å². The number of hydrogen-bond acceptors (Lipinski definition) is 2. The van der Waals surface area contributed by atoms with Crippen LogP contribution in [0.5, 0.6) is 0 Å². The number of halogens is 1. The Hall–Kier alpha value is -2.27. The molecule has 2 heterocycles. The van der Waals surface area contributed by atoms with Crippen LogP contribution in [0.25, 0.3) is 0 Å². The first-order chi connectivity index (χ1) is 13.6. The predicted molar refractivity (Wildman–Crippen MR) is 116 cm³/mol. The second-order valence-corrected chi connectivity index (χ2v) is 9.36. The zero-order valence-electron chi connectivity index (χ0n) is 17.9. The van der Waals surface area contributed by atoms with Gasteiger partial charge in [0.15, 0.2) is 0 Å². The van der Waals surface area contributed by atoms with Crippen LogP contribution >= 0.6 is 11.6 Å². The first-order valence-corrected chi connectivity index (χ1v) is 10.5. The predicted octanol–water partition coefficient (Wildman–Crippen LogP) is 4.36. The molecule has 6 heteroatoms. The van der Waals surface area contributed by atoms with Crippen molar-refractivity contribution in [3.8, 4) is 0 Å². The molecule has 0 fully saturated rings. The molecule has 0 bridgehead atoms. The standard InChI is InChI=1S/C23H30ClN3O2/c1-16(2)22(29)27(23(3,4)5)15-20(28)26-13-12-25-11-7-10-19(25)21(26)17-8-6-9-18(24)14-17/h6-11,14,16,21H,12-13,15H2,1-5H3/t21-/m0/s1. The van der Waals surface area contributed by atoms with Crippen molar-refractivity contribution in [2.75, 3.05) is 13.1 Å². The average Bonchev–Trinajstić information content (AvgIpc) is 3.12. The molecular formula is C23H30ClN3O2. The summed E-state index contributed by atoms with van der Waals surface area (Å²) < 4.78 is 2.18. The lowest BCUT2D eigenvalue weighted by molar-refractivity contribution is -0.148. The van der Waals surface area contributed by atoms with Crippen molar-refractivity contribution >= 4 is 23.4 Å². The summed E-state index contributed by atoms with van der Waals surface area (Å²) in [7, 11) is 0. The first-order valence-electron chi connectivity index (χ1n) is 10.1. The molecule has 0 N–H and O–H groups in total. The number of nitrogens with zero attached hydrogens (tertiary/aromatic N) is 3. The summed E-state index contributed by atoms with van der Waals surface area (Å²) in [6, 6.07) is 11.5. The molecule has 0 aliphatic carbocycles. The molecule has 1 aromatic carbocycles. The van der Waals surface area contributed by atoms with Crippen LogP contribution in [0.1, 0.15) is 51.9 Å². The number of fused-ring (bicyclic) bond motifs is 1. The Bertz CT molecular complexity index is 898. The van der Waals surface area contributed by atoms with E-state index in [4.69, 9.17) is 11.6 Å². The third kappa shape index (κ3) is 4.50. The minimum Gasteiger partial charge on any atom is -0.348 e. The normalized spacial score (nSPS) is 16.7. The monoisotopic (exact) mass is 415 g/mol. The lowest BCUT2D eigenvalue weighted by atomic mass is 9.99. The van der Waals surface area contributed by atoms with Crippen LogP contribution < -0.4 is 0 Å². The molecule has 2 aromatic rings. The fourth-order valence-corrected chi connectivity index (χ4v) is 4.06.